The molecule has 4 nitrogen and oxygen atoms in total. The number of piperidine rings is 1. The third-order valence-corrected chi connectivity index (χ3v) is 3.73. The third-order valence-electron chi connectivity index (χ3n) is 3.73. The van der Waals surface area contributed by atoms with E-state index < -0.39 is 0 Å². The van der Waals surface area contributed by atoms with Gasteiger partial charge in [0.15, 0.2) is 0 Å². The minimum atomic E-state index is 0.119. The summed E-state index contributed by atoms with van der Waals surface area (Å²) in [6.45, 7) is 8.83. The summed E-state index contributed by atoms with van der Waals surface area (Å²) >= 11 is 0. The van der Waals surface area contributed by atoms with Crippen molar-refractivity contribution in [2.24, 2.45) is 11.7 Å². The predicted molar refractivity (Wildman–Crippen MR) is 70.7 cm³/mol. The van der Waals surface area contributed by atoms with Gasteiger partial charge >= 0.3 is 0 Å². The number of nitrogens with zero attached hydrogens (tertiary/aromatic N) is 1. The molecule has 0 aromatic rings. The first-order chi connectivity index (χ1) is 8.08. The van der Waals surface area contributed by atoms with Crippen molar-refractivity contribution in [3.05, 3.63) is 0 Å². The van der Waals surface area contributed by atoms with Crippen LogP contribution in [-0.2, 0) is 4.79 Å². The van der Waals surface area contributed by atoms with Crippen molar-refractivity contribution in [2.75, 3.05) is 19.6 Å². The second kappa shape index (κ2) is 6.97. The lowest BCUT2D eigenvalue weighted by molar-refractivity contribution is -0.122. The summed E-state index contributed by atoms with van der Waals surface area (Å²) in [5.74, 6) is 0.915. The molecule has 0 saturated carbocycles. The topological polar surface area (TPSA) is 58.4 Å². The monoisotopic (exact) mass is 241 g/mol. The van der Waals surface area contributed by atoms with E-state index in [-0.39, 0.29) is 11.9 Å². The first-order valence-corrected chi connectivity index (χ1v) is 6.81. The number of amides is 1. The number of rotatable bonds is 5. The third kappa shape index (κ3) is 4.28. The van der Waals surface area contributed by atoms with Gasteiger partial charge in [0.1, 0.15) is 0 Å². The highest BCUT2D eigenvalue weighted by Crippen LogP contribution is 2.24. The molecule has 0 aliphatic carbocycles. The van der Waals surface area contributed by atoms with Crippen molar-refractivity contribution < 1.29 is 4.79 Å². The van der Waals surface area contributed by atoms with Crippen LogP contribution in [0.3, 0.4) is 0 Å². The fourth-order valence-corrected chi connectivity index (χ4v) is 2.79. The Morgan fingerprint density at radius 2 is 2.24 bits per heavy atom. The summed E-state index contributed by atoms with van der Waals surface area (Å²) in [7, 11) is 0. The van der Waals surface area contributed by atoms with Crippen LogP contribution >= 0.6 is 0 Å². The highest BCUT2D eigenvalue weighted by Gasteiger charge is 2.29. The van der Waals surface area contributed by atoms with Crippen LogP contribution in [0, 0.1) is 5.92 Å². The summed E-state index contributed by atoms with van der Waals surface area (Å²) < 4.78 is 0. The van der Waals surface area contributed by atoms with Gasteiger partial charge in [0.25, 0.3) is 0 Å². The molecule has 0 aromatic heterocycles. The van der Waals surface area contributed by atoms with E-state index in [2.05, 4.69) is 24.1 Å². The largest absolute Gasteiger partial charge is 0.356 e. The Bertz CT molecular complexity index is 245. The van der Waals surface area contributed by atoms with Crippen molar-refractivity contribution >= 4 is 5.91 Å². The summed E-state index contributed by atoms with van der Waals surface area (Å²) in [5, 5.41) is 2.85. The molecule has 1 amide bonds. The molecule has 0 radical (unpaired) electrons. The molecule has 1 fully saturated rings. The van der Waals surface area contributed by atoms with E-state index in [0.717, 1.165) is 12.5 Å². The van der Waals surface area contributed by atoms with Gasteiger partial charge in [-0.05, 0) is 39.2 Å². The molecule has 1 heterocycles. The Hall–Kier alpha value is -0.610. The van der Waals surface area contributed by atoms with Crippen LogP contribution in [0.1, 0.15) is 40.0 Å². The lowest BCUT2D eigenvalue weighted by atomic mass is 9.91. The first kappa shape index (κ1) is 14.5. The minimum Gasteiger partial charge on any atom is -0.356 e. The molecule has 0 spiro atoms. The number of nitrogens with two attached hydrogens (primary N) is 1. The van der Waals surface area contributed by atoms with E-state index >= 15 is 0 Å². The van der Waals surface area contributed by atoms with Gasteiger partial charge < -0.3 is 11.1 Å². The molecule has 4 heteroatoms. The standard InChI is InChI=1S/C13H27N3O/c1-4-15-13(17)8-12(9-14)16-6-5-10(2)7-11(16)3/h10-12H,4-9,14H2,1-3H3,(H,15,17). The number of carbonyl (C=O) groups is 1. The molecule has 3 atom stereocenters. The summed E-state index contributed by atoms with van der Waals surface area (Å²) in [6, 6.07) is 0.741. The Balaban J connectivity index is 2.51. The maximum absolute atomic E-state index is 11.6. The summed E-state index contributed by atoms with van der Waals surface area (Å²) in [6.07, 6.45) is 2.96. The van der Waals surface area contributed by atoms with E-state index in [4.69, 9.17) is 5.73 Å². The lowest BCUT2D eigenvalue weighted by Crippen LogP contribution is -2.51. The molecule has 1 aliphatic rings. The fraction of sp³-hybridized carbons (Fsp3) is 0.923. The average molecular weight is 241 g/mol. The van der Waals surface area contributed by atoms with E-state index in [0.29, 0.717) is 25.6 Å². The van der Waals surface area contributed by atoms with Gasteiger partial charge in [-0.3, -0.25) is 9.69 Å². The normalized spacial score (nSPS) is 27.8. The van der Waals surface area contributed by atoms with Crippen LogP contribution in [0.2, 0.25) is 0 Å². The van der Waals surface area contributed by atoms with Gasteiger partial charge in [-0.25, -0.2) is 0 Å². The van der Waals surface area contributed by atoms with Gasteiger partial charge in [0, 0.05) is 31.6 Å². The van der Waals surface area contributed by atoms with Crippen LogP contribution in [-0.4, -0.2) is 42.5 Å². The molecule has 17 heavy (non-hydrogen) atoms. The predicted octanol–water partition coefficient (Wildman–Crippen LogP) is 0.960. The number of carbonyl (C=O) groups excluding carboxylic acids is 1. The maximum Gasteiger partial charge on any atom is 0.221 e. The SMILES string of the molecule is CCNC(=O)CC(CN)N1CCC(C)CC1C. The average Bonchev–Trinajstić information content (AvgIpc) is 2.27. The van der Waals surface area contributed by atoms with Crippen LogP contribution in [0.25, 0.3) is 0 Å². The molecule has 0 bridgehead atoms. The molecule has 1 rings (SSSR count). The van der Waals surface area contributed by atoms with Crippen LogP contribution < -0.4 is 11.1 Å². The van der Waals surface area contributed by atoms with Crippen molar-refractivity contribution in [1.82, 2.24) is 10.2 Å². The van der Waals surface area contributed by atoms with Gasteiger partial charge in [-0.1, -0.05) is 6.92 Å². The smallest absolute Gasteiger partial charge is 0.221 e. The minimum absolute atomic E-state index is 0.119. The number of nitrogens with one attached hydrogen (secondary N) is 1. The first-order valence-electron chi connectivity index (χ1n) is 6.81. The lowest BCUT2D eigenvalue weighted by Gasteiger charge is -2.41. The Morgan fingerprint density at radius 3 is 2.76 bits per heavy atom. The molecule has 3 unspecified atom stereocenters. The van der Waals surface area contributed by atoms with Crippen LogP contribution in [0.15, 0.2) is 0 Å². The van der Waals surface area contributed by atoms with Crippen molar-refractivity contribution in [1.29, 1.82) is 0 Å². The highest BCUT2D eigenvalue weighted by molar-refractivity contribution is 5.76. The quantitative estimate of drug-likeness (QED) is 0.754. The Labute approximate surface area is 105 Å². The van der Waals surface area contributed by atoms with Crippen molar-refractivity contribution in [3.63, 3.8) is 0 Å². The zero-order valence-corrected chi connectivity index (χ0v) is 11.4. The molecule has 3 N–H and O–H groups in total. The van der Waals surface area contributed by atoms with E-state index in [1.165, 1.54) is 12.8 Å². The zero-order chi connectivity index (χ0) is 12.8. The summed E-state index contributed by atoms with van der Waals surface area (Å²) in [4.78, 5) is 14.0. The van der Waals surface area contributed by atoms with Crippen molar-refractivity contribution in [3.8, 4) is 0 Å². The van der Waals surface area contributed by atoms with Gasteiger partial charge in [-0.15, -0.1) is 0 Å². The maximum atomic E-state index is 11.6. The molecular weight excluding hydrogens is 214 g/mol. The van der Waals surface area contributed by atoms with Gasteiger partial charge in [0.2, 0.25) is 5.91 Å². The van der Waals surface area contributed by atoms with E-state index in [1.807, 2.05) is 6.92 Å². The Morgan fingerprint density at radius 1 is 1.53 bits per heavy atom. The molecular formula is C13H27N3O. The van der Waals surface area contributed by atoms with Crippen LogP contribution in [0.4, 0.5) is 0 Å². The molecule has 0 aromatic carbocycles. The zero-order valence-electron chi connectivity index (χ0n) is 11.4. The van der Waals surface area contributed by atoms with Gasteiger partial charge in [-0.2, -0.15) is 0 Å². The number of hydrogen-bond donors (Lipinski definition) is 2. The molecule has 1 aliphatic heterocycles. The highest BCUT2D eigenvalue weighted by atomic mass is 16.1. The van der Waals surface area contributed by atoms with Crippen molar-refractivity contribution in [2.45, 2.75) is 52.1 Å². The second-order valence-corrected chi connectivity index (χ2v) is 5.26. The number of likely N-dealkylation sites (tertiary alicyclic amines) is 1. The van der Waals surface area contributed by atoms with Crippen LogP contribution in [0.5, 0.6) is 0 Å². The molecule has 1 saturated heterocycles. The second-order valence-electron chi connectivity index (χ2n) is 5.26. The summed E-state index contributed by atoms with van der Waals surface area (Å²) in [5.41, 5.74) is 5.82. The molecule has 100 valence electrons. The van der Waals surface area contributed by atoms with E-state index in [1.54, 1.807) is 0 Å². The fourth-order valence-electron chi connectivity index (χ4n) is 2.79. The van der Waals surface area contributed by atoms with E-state index in [9.17, 15) is 4.79 Å². The Kier molecular flexibility index (Phi) is 5.92. The van der Waals surface area contributed by atoms with Gasteiger partial charge in [0.05, 0.1) is 0 Å². The number of hydrogen-bond acceptors (Lipinski definition) is 3.